The molecule has 0 spiro atoms. The van der Waals surface area contributed by atoms with E-state index in [0.29, 0.717) is 19.4 Å². The molecule has 1 heterocycles. The summed E-state index contributed by atoms with van der Waals surface area (Å²) < 4.78 is 16.4. The minimum absolute atomic E-state index is 0.0106. The molecule has 0 aromatic heterocycles. The number of likely N-dealkylation sites (tertiary alicyclic amines) is 1. The van der Waals surface area contributed by atoms with Crippen LogP contribution >= 0.6 is 0 Å². The van der Waals surface area contributed by atoms with Crippen molar-refractivity contribution in [1.29, 1.82) is 0 Å². The Morgan fingerprint density at radius 3 is 2.14 bits per heavy atom. The van der Waals surface area contributed by atoms with Gasteiger partial charge in [0.25, 0.3) is 0 Å². The monoisotopic (exact) mass is 429 g/mol. The Morgan fingerprint density at radius 1 is 1.07 bits per heavy atom. The normalized spacial score (nSPS) is 20.9. The van der Waals surface area contributed by atoms with Crippen LogP contribution in [0, 0.1) is 5.92 Å². The zero-order chi connectivity index (χ0) is 22.6. The van der Waals surface area contributed by atoms with Crippen LogP contribution < -0.4 is 0 Å². The molecule has 29 heavy (non-hydrogen) atoms. The Hall–Kier alpha value is -1.41. The second kappa shape index (κ2) is 9.60. The summed E-state index contributed by atoms with van der Waals surface area (Å²) in [4.78, 5) is 38.9. The van der Waals surface area contributed by atoms with E-state index in [1.807, 2.05) is 0 Å². The van der Waals surface area contributed by atoms with Gasteiger partial charge in [0, 0.05) is 19.0 Å². The molecular weight excluding hydrogens is 390 g/mol. The highest BCUT2D eigenvalue weighted by molar-refractivity contribution is 6.74. The third-order valence-corrected chi connectivity index (χ3v) is 10.2. The number of carbonyl (C=O) groups excluding carboxylic acids is 3. The molecule has 0 aromatic carbocycles. The molecule has 1 aliphatic heterocycles. The van der Waals surface area contributed by atoms with E-state index in [2.05, 4.69) is 33.9 Å². The van der Waals surface area contributed by atoms with Crippen LogP contribution in [0.15, 0.2) is 0 Å². The number of piperidine rings is 1. The second-order valence-corrected chi connectivity index (χ2v) is 15.2. The first-order valence-electron chi connectivity index (χ1n) is 10.3. The van der Waals surface area contributed by atoms with Crippen molar-refractivity contribution in [2.24, 2.45) is 5.92 Å². The number of rotatable bonds is 6. The summed E-state index contributed by atoms with van der Waals surface area (Å²) in [7, 11) is -0.684. The van der Waals surface area contributed by atoms with E-state index < -0.39 is 26.1 Å². The van der Waals surface area contributed by atoms with Crippen LogP contribution in [0.3, 0.4) is 0 Å². The van der Waals surface area contributed by atoms with Crippen molar-refractivity contribution in [3.8, 4) is 0 Å². The fourth-order valence-electron chi connectivity index (χ4n) is 2.99. The molecule has 0 saturated carbocycles. The molecule has 0 bridgehead atoms. The third-order valence-electron chi connectivity index (χ3n) is 5.74. The van der Waals surface area contributed by atoms with E-state index in [-0.39, 0.29) is 35.7 Å². The van der Waals surface area contributed by atoms with Crippen LogP contribution in [0.5, 0.6) is 0 Å². The van der Waals surface area contributed by atoms with E-state index in [4.69, 9.17) is 13.9 Å². The van der Waals surface area contributed by atoms with Gasteiger partial charge in [-0.3, -0.25) is 9.59 Å². The first-order chi connectivity index (χ1) is 13.1. The van der Waals surface area contributed by atoms with Gasteiger partial charge in [0.2, 0.25) is 0 Å². The van der Waals surface area contributed by atoms with Crippen molar-refractivity contribution < 1.29 is 28.3 Å². The molecule has 0 N–H and O–H groups in total. The maximum atomic E-state index is 12.7. The lowest BCUT2D eigenvalue weighted by Gasteiger charge is -2.39. The van der Waals surface area contributed by atoms with Gasteiger partial charge in [0.15, 0.2) is 14.1 Å². The highest BCUT2D eigenvalue weighted by Gasteiger charge is 2.40. The van der Waals surface area contributed by atoms with Gasteiger partial charge in [-0.15, -0.1) is 0 Å². The molecule has 168 valence electrons. The zero-order valence-corrected chi connectivity index (χ0v) is 20.6. The Balaban J connectivity index is 2.86. The maximum absolute atomic E-state index is 12.7. The molecule has 0 radical (unpaired) electrons. The van der Waals surface area contributed by atoms with Crippen molar-refractivity contribution >= 4 is 26.2 Å². The quantitative estimate of drug-likeness (QED) is 0.466. The maximum Gasteiger partial charge on any atom is 0.410 e. The highest BCUT2D eigenvalue weighted by atomic mass is 28.4. The lowest BCUT2D eigenvalue weighted by atomic mass is 9.88. The molecule has 0 aromatic rings. The largest absolute Gasteiger partial charge is 0.469 e. The van der Waals surface area contributed by atoms with Gasteiger partial charge < -0.3 is 18.8 Å². The molecule has 8 heteroatoms. The van der Waals surface area contributed by atoms with Crippen LogP contribution in [0.4, 0.5) is 4.79 Å². The summed E-state index contributed by atoms with van der Waals surface area (Å²) in [5, 5.41) is 0.0106. The summed E-state index contributed by atoms with van der Waals surface area (Å²) >= 11 is 0. The van der Waals surface area contributed by atoms with E-state index in [1.165, 1.54) is 7.11 Å². The lowest BCUT2D eigenvalue weighted by molar-refractivity contribution is -0.148. The number of hydrogen-bond donors (Lipinski definition) is 0. The number of ether oxygens (including phenoxy) is 2. The van der Waals surface area contributed by atoms with Gasteiger partial charge in [-0.05, 0) is 51.7 Å². The fraction of sp³-hybridized carbons (Fsp3) is 0.857. The summed E-state index contributed by atoms with van der Waals surface area (Å²) in [5.41, 5.74) is -0.629. The molecule has 2 atom stereocenters. The van der Waals surface area contributed by atoms with Crippen LogP contribution in [-0.2, 0) is 23.5 Å². The minimum Gasteiger partial charge on any atom is -0.469 e. The lowest BCUT2D eigenvalue weighted by Crippen LogP contribution is -2.50. The van der Waals surface area contributed by atoms with E-state index >= 15 is 0 Å². The predicted octanol–water partition coefficient (Wildman–Crippen LogP) is 4.16. The number of Topliss-reactive ketones (excluding diaryl/α,β-unsaturated/α-hetero) is 1. The topological polar surface area (TPSA) is 82.1 Å². The SMILES string of the molecule is COC(=O)C1CCN(C(=O)OC(C)(C)C)C(CC(=O)CO[Si](C)(C)C(C)(C)C)C1. The van der Waals surface area contributed by atoms with Crippen LogP contribution in [0.1, 0.15) is 60.8 Å². The van der Waals surface area contributed by atoms with Crippen molar-refractivity contribution in [3.05, 3.63) is 0 Å². The van der Waals surface area contributed by atoms with Crippen LogP contribution in [0.25, 0.3) is 0 Å². The zero-order valence-electron chi connectivity index (χ0n) is 19.6. The average Bonchev–Trinajstić information content (AvgIpc) is 2.56. The Morgan fingerprint density at radius 2 is 1.66 bits per heavy atom. The van der Waals surface area contributed by atoms with Crippen molar-refractivity contribution in [2.45, 2.75) is 90.6 Å². The number of amides is 1. The number of methoxy groups -OCH3 is 1. The predicted molar refractivity (Wildman–Crippen MR) is 114 cm³/mol. The molecule has 1 saturated heterocycles. The standard InChI is InChI=1S/C21H39NO6Si/c1-20(2,3)28-19(25)22-11-10-15(18(24)26-7)12-16(22)13-17(23)14-27-29(8,9)21(4,5)6/h15-16H,10-14H2,1-9H3. The Labute approximate surface area is 176 Å². The van der Waals surface area contributed by atoms with E-state index in [0.717, 1.165) is 0 Å². The van der Waals surface area contributed by atoms with Gasteiger partial charge in [0.05, 0.1) is 19.6 Å². The summed E-state index contributed by atoms with van der Waals surface area (Å²) in [5.74, 6) is -0.694. The smallest absolute Gasteiger partial charge is 0.410 e. The van der Waals surface area contributed by atoms with E-state index in [1.54, 1.807) is 25.7 Å². The molecule has 7 nitrogen and oxygen atoms in total. The Kier molecular flexibility index (Phi) is 8.48. The highest BCUT2D eigenvalue weighted by Crippen LogP contribution is 2.36. The minimum atomic E-state index is -2.04. The molecule has 0 aliphatic carbocycles. The molecular formula is C21H39NO6Si. The molecule has 1 amide bonds. The fourth-order valence-corrected chi connectivity index (χ4v) is 3.94. The number of ketones is 1. The van der Waals surface area contributed by atoms with Crippen molar-refractivity contribution in [2.75, 3.05) is 20.3 Å². The summed E-state index contributed by atoms with van der Waals surface area (Å²) in [6.07, 6.45) is 0.569. The third kappa shape index (κ3) is 7.73. The van der Waals surface area contributed by atoms with Gasteiger partial charge in [-0.1, -0.05) is 20.8 Å². The van der Waals surface area contributed by atoms with Crippen LogP contribution in [0.2, 0.25) is 18.1 Å². The number of nitrogens with zero attached hydrogens (tertiary/aromatic N) is 1. The number of carbonyl (C=O) groups is 3. The Bertz CT molecular complexity index is 605. The molecule has 1 fully saturated rings. The van der Waals surface area contributed by atoms with E-state index in [9.17, 15) is 14.4 Å². The van der Waals surface area contributed by atoms with Gasteiger partial charge in [0.1, 0.15) is 5.60 Å². The van der Waals surface area contributed by atoms with Crippen molar-refractivity contribution in [3.63, 3.8) is 0 Å². The van der Waals surface area contributed by atoms with Gasteiger partial charge in [-0.25, -0.2) is 4.79 Å². The molecule has 1 rings (SSSR count). The first kappa shape index (κ1) is 25.6. The number of esters is 1. The second-order valence-electron chi connectivity index (χ2n) is 10.4. The van der Waals surface area contributed by atoms with Crippen molar-refractivity contribution in [1.82, 2.24) is 4.90 Å². The first-order valence-corrected chi connectivity index (χ1v) is 13.2. The number of hydrogen-bond acceptors (Lipinski definition) is 6. The summed E-state index contributed by atoms with van der Waals surface area (Å²) in [6.45, 7) is 16.4. The summed E-state index contributed by atoms with van der Waals surface area (Å²) in [6, 6.07) is -0.404. The van der Waals surface area contributed by atoms with Gasteiger partial charge in [-0.2, -0.15) is 0 Å². The molecule has 2 unspecified atom stereocenters. The van der Waals surface area contributed by atoms with Gasteiger partial charge >= 0.3 is 12.1 Å². The average molecular weight is 430 g/mol. The molecule has 1 aliphatic rings. The van der Waals surface area contributed by atoms with Crippen LogP contribution in [-0.4, -0.2) is 63.0 Å².